The predicted octanol–water partition coefficient (Wildman–Crippen LogP) is 3.71. The molecule has 1 atom stereocenters. The Morgan fingerprint density at radius 2 is 1.86 bits per heavy atom. The molecule has 5 heteroatoms. The third kappa shape index (κ3) is 4.90. The highest BCUT2D eigenvalue weighted by Gasteiger charge is 2.33. The Morgan fingerprint density at radius 1 is 1.27 bits per heavy atom. The Balaban J connectivity index is 0.00000242. The molecular weight excluding hydrogens is 316 g/mol. The van der Waals surface area contributed by atoms with Crippen molar-refractivity contribution in [3.63, 3.8) is 0 Å². The first-order valence-electron chi connectivity index (χ1n) is 7.87. The summed E-state index contributed by atoms with van der Waals surface area (Å²) in [5.41, 5.74) is 6.25. The van der Waals surface area contributed by atoms with Crippen LogP contribution in [-0.4, -0.2) is 34.7 Å². The molecule has 0 saturated carbocycles. The van der Waals surface area contributed by atoms with Crippen molar-refractivity contribution in [2.24, 2.45) is 5.73 Å². The predicted molar refractivity (Wildman–Crippen MR) is 96.6 cm³/mol. The molecule has 0 bridgehead atoms. The van der Waals surface area contributed by atoms with Crippen molar-refractivity contribution < 1.29 is 4.79 Å². The van der Waals surface area contributed by atoms with Gasteiger partial charge in [0.25, 0.3) is 0 Å². The number of amides is 1. The van der Waals surface area contributed by atoms with Crippen molar-refractivity contribution >= 4 is 30.1 Å². The molecule has 1 heterocycles. The van der Waals surface area contributed by atoms with E-state index < -0.39 is 0 Å². The lowest BCUT2D eigenvalue weighted by molar-refractivity contribution is -0.132. The van der Waals surface area contributed by atoms with E-state index in [0.717, 1.165) is 43.7 Å². The van der Waals surface area contributed by atoms with Gasteiger partial charge in [0.1, 0.15) is 0 Å². The van der Waals surface area contributed by atoms with E-state index in [1.807, 2.05) is 23.1 Å². The van der Waals surface area contributed by atoms with Crippen LogP contribution < -0.4 is 5.73 Å². The molecule has 1 aromatic carbocycles. The zero-order chi connectivity index (χ0) is 15.3. The minimum Gasteiger partial charge on any atom is -0.342 e. The molecule has 2 rings (SSSR count). The molecule has 0 spiro atoms. The highest BCUT2D eigenvalue weighted by Crippen LogP contribution is 2.29. The Bertz CT molecular complexity index is 461. The van der Waals surface area contributed by atoms with E-state index in [2.05, 4.69) is 26.0 Å². The van der Waals surface area contributed by atoms with Crippen LogP contribution >= 0.6 is 24.2 Å². The molecule has 1 aliphatic rings. The standard InChI is InChI=1S/C17H26N2OS.ClH/c1-3-15(21-14-8-6-5-7-9-14)16(20)19-12-10-17(18,4-2)11-13-19;/h5-9,15H,3-4,10-13,18H2,1-2H3;1H. The molecule has 22 heavy (non-hydrogen) atoms. The van der Waals surface area contributed by atoms with Gasteiger partial charge in [0.05, 0.1) is 5.25 Å². The van der Waals surface area contributed by atoms with Gasteiger partial charge < -0.3 is 10.6 Å². The number of thioether (sulfide) groups is 1. The average molecular weight is 343 g/mol. The summed E-state index contributed by atoms with van der Waals surface area (Å²) in [6, 6.07) is 10.2. The summed E-state index contributed by atoms with van der Waals surface area (Å²) in [5.74, 6) is 0.268. The summed E-state index contributed by atoms with van der Waals surface area (Å²) >= 11 is 1.67. The topological polar surface area (TPSA) is 46.3 Å². The van der Waals surface area contributed by atoms with Gasteiger partial charge in [-0.15, -0.1) is 24.2 Å². The number of halogens is 1. The largest absolute Gasteiger partial charge is 0.342 e. The van der Waals surface area contributed by atoms with Crippen LogP contribution in [-0.2, 0) is 4.79 Å². The molecule has 124 valence electrons. The van der Waals surface area contributed by atoms with E-state index in [0.29, 0.717) is 0 Å². The number of likely N-dealkylation sites (tertiary alicyclic amines) is 1. The van der Waals surface area contributed by atoms with Crippen molar-refractivity contribution in [2.75, 3.05) is 13.1 Å². The highest BCUT2D eigenvalue weighted by molar-refractivity contribution is 8.00. The molecule has 3 nitrogen and oxygen atoms in total. The fraction of sp³-hybridized carbons (Fsp3) is 0.588. The maximum atomic E-state index is 12.7. The van der Waals surface area contributed by atoms with Crippen LogP contribution in [0.5, 0.6) is 0 Å². The number of benzene rings is 1. The summed E-state index contributed by atoms with van der Waals surface area (Å²) in [4.78, 5) is 15.9. The van der Waals surface area contributed by atoms with Crippen molar-refractivity contribution in [3.05, 3.63) is 30.3 Å². The van der Waals surface area contributed by atoms with Crippen molar-refractivity contribution in [2.45, 2.75) is 55.2 Å². The number of piperidine rings is 1. The third-order valence-corrected chi connectivity index (χ3v) is 5.81. The Hall–Kier alpha value is -0.710. The first kappa shape index (κ1) is 19.3. The van der Waals surface area contributed by atoms with Gasteiger partial charge in [-0.3, -0.25) is 4.79 Å². The van der Waals surface area contributed by atoms with Gasteiger partial charge in [0.15, 0.2) is 0 Å². The zero-order valence-corrected chi connectivity index (χ0v) is 15.1. The van der Waals surface area contributed by atoms with Gasteiger partial charge >= 0.3 is 0 Å². The average Bonchev–Trinajstić information content (AvgIpc) is 2.54. The minimum atomic E-state index is -0.0644. The van der Waals surface area contributed by atoms with E-state index in [-0.39, 0.29) is 29.1 Å². The molecule has 0 aliphatic carbocycles. The van der Waals surface area contributed by atoms with Crippen LogP contribution in [0.4, 0.5) is 0 Å². The first-order valence-corrected chi connectivity index (χ1v) is 8.75. The summed E-state index contributed by atoms with van der Waals surface area (Å²) in [6.45, 7) is 5.82. The van der Waals surface area contributed by atoms with E-state index in [1.54, 1.807) is 11.8 Å². The third-order valence-electron chi connectivity index (χ3n) is 4.44. The monoisotopic (exact) mass is 342 g/mol. The Kier molecular flexibility index (Phi) is 7.74. The summed E-state index contributed by atoms with van der Waals surface area (Å²) in [5, 5.41) is 0.0132. The van der Waals surface area contributed by atoms with Gasteiger partial charge in [0, 0.05) is 23.5 Å². The molecule has 1 saturated heterocycles. The lowest BCUT2D eigenvalue weighted by atomic mass is 9.86. The van der Waals surface area contributed by atoms with Crippen LogP contribution in [0.15, 0.2) is 35.2 Å². The quantitative estimate of drug-likeness (QED) is 0.830. The minimum absolute atomic E-state index is 0. The van der Waals surface area contributed by atoms with Gasteiger partial charge in [-0.05, 0) is 37.8 Å². The van der Waals surface area contributed by atoms with Crippen LogP contribution in [0.3, 0.4) is 0 Å². The molecule has 1 aliphatic heterocycles. The number of hydrogen-bond acceptors (Lipinski definition) is 3. The van der Waals surface area contributed by atoms with E-state index in [9.17, 15) is 4.79 Å². The van der Waals surface area contributed by atoms with E-state index in [1.165, 1.54) is 0 Å². The zero-order valence-electron chi connectivity index (χ0n) is 13.5. The summed E-state index contributed by atoms with van der Waals surface area (Å²) < 4.78 is 0. The number of carbonyl (C=O) groups excluding carboxylic acids is 1. The van der Waals surface area contributed by atoms with Gasteiger partial charge in [-0.1, -0.05) is 32.0 Å². The van der Waals surface area contributed by atoms with Crippen LogP contribution in [0.2, 0.25) is 0 Å². The normalized spacial score (nSPS) is 18.4. The van der Waals surface area contributed by atoms with Crippen molar-refractivity contribution in [1.82, 2.24) is 4.90 Å². The molecule has 2 N–H and O–H groups in total. The summed E-state index contributed by atoms with van der Waals surface area (Å²) in [6.07, 6.45) is 3.69. The van der Waals surface area contributed by atoms with Crippen molar-refractivity contribution in [3.8, 4) is 0 Å². The number of nitrogens with zero attached hydrogens (tertiary/aromatic N) is 1. The lowest BCUT2D eigenvalue weighted by Crippen LogP contribution is -2.52. The highest BCUT2D eigenvalue weighted by atomic mass is 35.5. The second-order valence-corrected chi connectivity index (χ2v) is 7.15. The maximum Gasteiger partial charge on any atom is 0.236 e. The molecule has 1 fully saturated rings. The Labute approximate surface area is 144 Å². The van der Waals surface area contributed by atoms with Gasteiger partial charge in [-0.2, -0.15) is 0 Å². The van der Waals surface area contributed by atoms with Gasteiger partial charge in [0.2, 0.25) is 5.91 Å². The SMILES string of the molecule is CCC(Sc1ccccc1)C(=O)N1CCC(N)(CC)CC1.Cl. The second-order valence-electron chi connectivity index (χ2n) is 5.87. The fourth-order valence-electron chi connectivity index (χ4n) is 2.70. The van der Waals surface area contributed by atoms with Crippen LogP contribution in [0.25, 0.3) is 0 Å². The molecule has 0 aromatic heterocycles. The lowest BCUT2D eigenvalue weighted by Gasteiger charge is -2.39. The first-order chi connectivity index (χ1) is 10.1. The number of rotatable bonds is 5. The molecule has 0 radical (unpaired) electrons. The van der Waals surface area contributed by atoms with E-state index in [4.69, 9.17) is 5.73 Å². The number of nitrogens with two attached hydrogens (primary N) is 1. The van der Waals surface area contributed by atoms with Crippen LogP contribution in [0.1, 0.15) is 39.5 Å². The Morgan fingerprint density at radius 3 is 2.36 bits per heavy atom. The number of hydrogen-bond donors (Lipinski definition) is 1. The molecule has 1 amide bonds. The summed E-state index contributed by atoms with van der Waals surface area (Å²) in [7, 11) is 0. The fourth-order valence-corrected chi connectivity index (χ4v) is 3.76. The van der Waals surface area contributed by atoms with E-state index >= 15 is 0 Å². The second kappa shape index (κ2) is 8.80. The molecule has 1 aromatic rings. The van der Waals surface area contributed by atoms with Crippen LogP contribution in [0, 0.1) is 0 Å². The molecular formula is C17H27ClN2OS. The maximum absolute atomic E-state index is 12.7. The molecule has 1 unspecified atom stereocenters. The van der Waals surface area contributed by atoms with Gasteiger partial charge in [-0.25, -0.2) is 0 Å². The number of carbonyl (C=O) groups is 1. The van der Waals surface area contributed by atoms with Crippen molar-refractivity contribution in [1.29, 1.82) is 0 Å². The smallest absolute Gasteiger partial charge is 0.236 e.